The van der Waals surface area contributed by atoms with Crippen LogP contribution in [0.5, 0.6) is 0 Å². The van der Waals surface area contributed by atoms with E-state index in [0.717, 1.165) is 29.7 Å². The number of nitrogens with zero attached hydrogens (tertiary/aromatic N) is 1. The van der Waals surface area contributed by atoms with Crippen molar-refractivity contribution in [2.45, 2.75) is 36.6 Å². The quantitative estimate of drug-likeness (QED) is 0.159. The zero-order valence-electron chi connectivity index (χ0n) is 16.7. The Morgan fingerprint density at radius 1 is 1.06 bits per heavy atom. The molecule has 1 amide bonds. The number of anilines is 1. The molecule has 0 aliphatic heterocycles. The van der Waals surface area contributed by atoms with Gasteiger partial charge < -0.3 is 16.0 Å². The van der Waals surface area contributed by atoms with Crippen LogP contribution in [0.4, 0.5) is 11.4 Å². The second-order valence-corrected chi connectivity index (χ2v) is 9.29. The number of alkyl halides is 3. The molecule has 0 fully saturated rings. The molecule has 1 unspecified atom stereocenters. The maximum atomic E-state index is 12.6. The average Bonchev–Trinajstić information content (AvgIpc) is 2.72. The van der Waals surface area contributed by atoms with Gasteiger partial charge in [0.05, 0.1) is 4.92 Å². The highest BCUT2D eigenvalue weighted by atomic mass is 35.6. The Morgan fingerprint density at radius 2 is 1.61 bits per heavy atom. The number of carbonyl (C=O) groups is 1. The lowest BCUT2D eigenvalue weighted by molar-refractivity contribution is -0.384. The third-order valence-corrected chi connectivity index (χ3v) is 5.33. The number of carbonyl (C=O) groups excluding carboxylic acids is 1. The topological polar surface area (TPSA) is 96.3 Å². The molecule has 0 aliphatic rings. The lowest BCUT2D eigenvalue weighted by Crippen LogP contribution is -2.56. The minimum Gasteiger partial charge on any atom is -0.339 e. The van der Waals surface area contributed by atoms with E-state index in [1.165, 1.54) is 24.3 Å². The monoisotopic (exact) mass is 502 g/mol. The van der Waals surface area contributed by atoms with Gasteiger partial charge >= 0.3 is 0 Å². The Bertz CT molecular complexity index is 943. The summed E-state index contributed by atoms with van der Waals surface area (Å²) in [6, 6.07) is 11.0. The highest BCUT2D eigenvalue weighted by Gasteiger charge is 2.35. The number of halogens is 3. The summed E-state index contributed by atoms with van der Waals surface area (Å²) in [5.74, 6) is -0.593. The third kappa shape index (κ3) is 6.93. The Balaban J connectivity index is 2.16. The minimum atomic E-state index is -1.93. The van der Waals surface area contributed by atoms with Gasteiger partial charge in [-0.2, -0.15) is 0 Å². The summed E-state index contributed by atoms with van der Waals surface area (Å²) in [6.07, 6.45) is 0.423. The van der Waals surface area contributed by atoms with Crippen LogP contribution in [0.1, 0.15) is 35.3 Å². The number of hydrogen-bond acceptors (Lipinski definition) is 4. The van der Waals surface area contributed by atoms with Crippen molar-refractivity contribution >= 4 is 69.4 Å². The predicted molar refractivity (Wildman–Crippen MR) is 129 cm³/mol. The fourth-order valence-corrected chi connectivity index (χ4v) is 3.38. The number of hydrogen-bond donors (Lipinski definition) is 3. The Hall–Kier alpha value is -2.13. The summed E-state index contributed by atoms with van der Waals surface area (Å²) < 4.78 is -1.93. The van der Waals surface area contributed by atoms with E-state index in [1.807, 2.05) is 32.0 Å². The van der Waals surface area contributed by atoms with Crippen LogP contribution in [0.15, 0.2) is 42.5 Å². The summed E-state index contributed by atoms with van der Waals surface area (Å²) in [5, 5.41) is 19.4. The Morgan fingerprint density at radius 3 is 2.06 bits per heavy atom. The van der Waals surface area contributed by atoms with E-state index < -0.39 is 20.8 Å². The zero-order chi connectivity index (χ0) is 23.2. The average molecular weight is 504 g/mol. The number of nitro groups is 1. The third-order valence-electron chi connectivity index (χ3n) is 4.46. The number of para-hydroxylation sites is 1. The van der Waals surface area contributed by atoms with Crippen molar-refractivity contribution in [2.24, 2.45) is 0 Å². The van der Waals surface area contributed by atoms with Gasteiger partial charge in [-0.3, -0.25) is 14.9 Å². The first kappa shape index (κ1) is 25.1. The molecule has 166 valence electrons. The maximum Gasteiger partial charge on any atom is 0.269 e. The van der Waals surface area contributed by atoms with Crippen molar-refractivity contribution in [1.82, 2.24) is 10.6 Å². The molecule has 0 aromatic heterocycles. The van der Waals surface area contributed by atoms with Crippen LogP contribution in [-0.2, 0) is 12.8 Å². The smallest absolute Gasteiger partial charge is 0.269 e. The van der Waals surface area contributed by atoms with E-state index in [-0.39, 0.29) is 16.4 Å². The van der Waals surface area contributed by atoms with Crippen LogP contribution in [0.3, 0.4) is 0 Å². The van der Waals surface area contributed by atoms with Crippen molar-refractivity contribution in [1.29, 1.82) is 0 Å². The standard InChI is InChI=1S/C20H21Cl3N4O3S/c1-3-12-6-5-7-13(4-2)16(12)24-19(31)26-18(20(21,22)23)25-17(28)14-8-10-15(11-9-14)27(29)30/h5-11,18H,3-4H2,1-2H3,(H,25,28)(H2,24,26,31). The number of rotatable bonds is 7. The van der Waals surface area contributed by atoms with Crippen LogP contribution >= 0.6 is 47.0 Å². The number of aryl methyl sites for hydroxylation is 2. The maximum absolute atomic E-state index is 12.6. The SMILES string of the molecule is CCc1cccc(CC)c1NC(=S)NC(NC(=O)c1ccc([N+](=O)[O-])cc1)C(Cl)(Cl)Cl. The molecule has 0 aliphatic carbocycles. The van der Waals surface area contributed by atoms with E-state index in [1.54, 1.807) is 0 Å². The van der Waals surface area contributed by atoms with Gasteiger partial charge in [0.25, 0.3) is 11.6 Å². The highest BCUT2D eigenvalue weighted by Crippen LogP contribution is 2.30. The molecule has 0 heterocycles. The molecular formula is C20H21Cl3N4O3S. The minimum absolute atomic E-state index is 0.140. The number of nitrogens with one attached hydrogen (secondary N) is 3. The van der Waals surface area contributed by atoms with Crippen LogP contribution < -0.4 is 16.0 Å². The van der Waals surface area contributed by atoms with Gasteiger partial charge in [-0.1, -0.05) is 66.8 Å². The molecule has 0 spiro atoms. The first-order valence-corrected chi connectivity index (χ1v) is 10.9. The van der Waals surface area contributed by atoms with Crippen molar-refractivity contribution in [3.8, 4) is 0 Å². The van der Waals surface area contributed by atoms with E-state index in [4.69, 9.17) is 47.0 Å². The van der Waals surface area contributed by atoms with E-state index in [0.29, 0.717) is 0 Å². The van der Waals surface area contributed by atoms with E-state index >= 15 is 0 Å². The molecule has 2 aromatic carbocycles. The summed E-state index contributed by atoms with van der Waals surface area (Å²) in [6.45, 7) is 4.07. The summed E-state index contributed by atoms with van der Waals surface area (Å²) in [4.78, 5) is 22.8. The van der Waals surface area contributed by atoms with Crippen LogP contribution in [-0.4, -0.2) is 25.9 Å². The van der Waals surface area contributed by atoms with Crippen LogP contribution in [0.25, 0.3) is 0 Å². The number of benzene rings is 2. The Labute approximate surface area is 200 Å². The van der Waals surface area contributed by atoms with Gasteiger partial charge in [0.2, 0.25) is 3.79 Å². The van der Waals surface area contributed by atoms with Gasteiger partial charge in [-0.05, 0) is 48.3 Å². The molecule has 0 saturated carbocycles. The fourth-order valence-electron chi connectivity index (χ4n) is 2.83. The largest absolute Gasteiger partial charge is 0.339 e. The molecule has 2 aromatic rings. The lowest BCUT2D eigenvalue weighted by Gasteiger charge is -2.28. The normalized spacial score (nSPS) is 12.0. The van der Waals surface area contributed by atoms with Gasteiger partial charge in [0.1, 0.15) is 6.17 Å². The summed E-state index contributed by atoms with van der Waals surface area (Å²) >= 11 is 23.5. The van der Waals surface area contributed by atoms with Crippen molar-refractivity contribution < 1.29 is 9.72 Å². The number of thiocarbonyl (C=S) groups is 1. The first-order valence-electron chi connectivity index (χ1n) is 9.37. The van der Waals surface area contributed by atoms with Gasteiger partial charge in [0, 0.05) is 23.4 Å². The second kappa shape index (κ2) is 10.9. The highest BCUT2D eigenvalue weighted by molar-refractivity contribution is 7.80. The molecular weight excluding hydrogens is 483 g/mol. The van der Waals surface area contributed by atoms with Gasteiger partial charge in [-0.15, -0.1) is 0 Å². The van der Waals surface area contributed by atoms with Crippen LogP contribution in [0, 0.1) is 10.1 Å². The number of non-ortho nitro benzene ring substituents is 1. The molecule has 2 rings (SSSR count). The first-order chi connectivity index (χ1) is 14.6. The van der Waals surface area contributed by atoms with E-state index in [9.17, 15) is 14.9 Å². The molecule has 0 saturated heterocycles. The van der Waals surface area contributed by atoms with Crippen LogP contribution in [0.2, 0.25) is 0 Å². The molecule has 31 heavy (non-hydrogen) atoms. The fraction of sp³-hybridized carbons (Fsp3) is 0.300. The molecule has 3 N–H and O–H groups in total. The van der Waals surface area contributed by atoms with Crippen molar-refractivity contribution in [3.63, 3.8) is 0 Å². The van der Waals surface area contributed by atoms with Gasteiger partial charge in [-0.25, -0.2) is 0 Å². The predicted octanol–water partition coefficient (Wildman–Crippen LogP) is 5.13. The summed E-state index contributed by atoms with van der Waals surface area (Å²) in [5.41, 5.74) is 3.04. The molecule has 0 radical (unpaired) electrons. The number of nitro benzene ring substituents is 1. The molecule has 11 heteroatoms. The molecule has 0 bridgehead atoms. The Kier molecular flexibility index (Phi) is 8.88. The van der Waals surface area contributed by atoms with E-state index in [2.05, 4.69) is 16.0 Å². The van der Waals surface area contributed by atoms with Gasteiger partial charge in [0.15, 0.2) is 5.11 Å². The van der Waals surface area contributed by atoms with Crippen molar-refractivity contribution in [3.05, 3.63) is 69.3 Å². The van der Waals surface area contributed by atoms with Crippen molar-refractivity contribution in [2.75, 3.05) is 5.32 Å². The zero-order valence-corrected chi connectivity index (χ0v) is 19.8. The summed E-state index contributed by atoms with van der Waals surface area (Å²) in [7, 11) is 0. The number of amides is 1. The second-order valence-electron chi connectivity index (χ2n) is 6.51. The molecule has 7 nitrogen and oxygen atoms in total. The molecule has 1 atom stereocenters. The lowest BCUT2D eigenvalue weighted by atomic mass is 10.0.